The standard InChI is InChI=1S/C13H19N3O4/c14-9-5-4-8-12(13(17)18)15(16(19)20)10-11-6-2-1-3-7-11/h1-3,6-7,12H,4-5,8-10,14H2,(H,17,18). The summed E-state index contributed by atoms with van der Waals surface area (Å²) in [5.74, 6) is -1.19. The number of hydrazine groups is 1. The van der Waals surface area contributed by atoms with Gasteiger partial charge >= 0.3 is 5.97 Å². The van der Waals surface area contributed by atoms with Gasteiger partial charge in [0, 0.05) is 0 Å². The first-order chi connectivity index (χ1) is 9.56. The topological polar surface area (TPSA) is 110 Å². The average molecular weight is 281 g/mol. The van der Waals surface area contributed by atoms with Gasteiger partial charge in [0.05, 0.1) is 0 Å². The van der Waals surface area contributed by atoms with E-state index >= 15 is 0 Å². The first-order valence-corrected chi connectivity index (χ1v) is 6.44. The molecule has 0 amide bonds. The zero-order valence-corrected chi connectivity index (χ0v) is 11.1. The molecule has 0 radical (unpaired) electrons. The minimum atomic E-state index is -1.19. The molecular formula is C13H19N3O4. The van der Waals surface area contributed by atoms with Crippen molar-refractivity contribution < 1.29 is 14.9 Å². The lowest BCUT2D eigenvalue weighted by Gasteiger charge is -2.21. The molecule has 110 valence electrons. The third-order valence-corrected chi connectivity index (χ3v) is 2.97. The molecule has 20 heavy (non-hydrogen) atoms. The molecule has 7 heteroatoms. The van der Waals surface area contributed by atoms with Gasteiger partial charge in [-0.2, -0.15) is 0 Å². The quantitative estimate of drug-likeness (QED) is 0.400. The van der Waals surface area contributed by atoms with Crippen LogP contribution >= 0.6 is 0 Å². The van der Waals surface area contributed by atoms with Crippen molar-refractivity contribution in [2.24, 2.45) is 5.73 Å². The molecule has 7 nitrogen and oxygen atoms in total. The van der Waals surface area contributed by atoms with Gasteiger partial charge in [-0.25, -0.2) is 14.9 Å². The van der Waals surface area contributed by atoms with Crippen LogP contribution in [0.4, 0.5) is 0 Å². The summed E-state index contributed by atoms with van der Waals surface area (Å²) in [4.78, 5) is 22.4. The maximum Gasteiger partial charge on any atom is 0.332 e. The molecule has 3 N–H and O–H groups in total. The first-order valence-electron chi connectivity index (χ1n) is 6.44. The Labute approximate surface area is 117 Å². The highest BCUT2D eigenvalue weighted by Gasteiger charge is 2.32. The number of carboxylic acid groups (broad SMARTS) is 1. The van der Waals surface area contributed by atoms with E-state index in [0.29, 0.717) is 24.9 Å². The molecule has 0 spiro atoms. The SMILES string of the molecule is NCCCCC(C(=O)O)N(Cc1ccccc1)[N+](=O)[O-]. The fraction of sp³-hybridized carbons (Fsp3) is 0.462. The lowest BCUT2D eigenvalue weighted by molar-refractivity contribution is -0.665. The molecule has 1 aromatic rings. The summed E-state index contributed by atoms with van der Waals surface area (Å²) in [5.41, 5.74) is 6.06. The van der Waals surface area contributed by atoms with Gasteiger partial charge in [0.1, 0.15) is 6.54 Å². The zero-order chi connectivity index (χ0) is 15.0. The van der Waals surface area contributed by atoms with Crippen molar-refractivity contribution in [3.8, 4) is 0 Å². The minimum absolute atomic E-state index is 0.0343. The molecule has 1 rings (SSSR count). The van der Waals surface area contributed by atoms with E-state index in [4.69, 9.17) is 5.73 Å². The van der Waals surface area contributed by atoms with Gasteiger partial charge in [-0.1, -0.05) is 30.3 Å². The van der Waals surface area contributed by atoms with Crippen LogP contribution in [0.5, 0.6) is 0 Å². The summed E-state index contributed by atoms with van der Waals surface area (Å²) < 4.78 is 0. The van der Waals surface area contributed by atoms with E-state index in [9.17, 15) is 20.0 Å². The van der Waals surface area contributed by atoms with Crippen LogP contribution in [0.15, 0.2) is 30.3 Å². The lowest BCUT2D eigenvalue weighted by atomic mass is 10.1. The molecule has 0 saturated carbocycles. The van der Waals surface area contributed by atoms with Crippen molar-refractivity contribution in [3.05, 3.63) is 46.0 Å². The molecule has 1 atom stereocenters. The number of hydrogen-bond donors (Lipinski definition) is 2. The van der Waals surface area contributed by atoms with Crippen LogP contribution in [0.3, 0.4) is 0 Å². The summed E-state index contributed by atoms with van der Waals surface area (Å²) in [7, 11) is 0. The van der Waals surface area contributed by atoms with E-state index < -0.39 is 17.0 Å². The van der Waals surface area contributed by atoms with Crippen molar-refractivity contribution in [1.82, 2.24) is 5.01 Å². The molecule has 0 bridgehead atoms. The number of unbranched alkanes of at least 4 members (excludes halogenated alkanes) is 1. The largest absolute Gasteiger partial charge is 0.480 e. The highest BCUT2D eigenvalue weighted by atomic mass is 16.7. The van der Waals surface area contributed by atoms with Gasteiger partial charge in [-0.15, -0.1) is 5.01 Å². The molecule has 0 aliphatic rings. The highest BCUT2D eigenvalue weighted by Crippen LogP contribution is 2.14. The second-order valence-electron chi connectivity index (χ2n) is 4.46. The van der Waals surface area contributed by atoms with Crippen molar-refractivity contribution in [3.63, 3.8) is 0 Å². The number of hydrogen-bond acceptors (Lipinski definition) is 4. The van der Waals surface area contributed by atoms with Crippen LogP contribution in [0.1, 0.15) is 24.8 Å². The first kappa shape index (κ1) is 15.9. The van der Waals surface area contributed by atoms with E-state index in [2.05, 4.69) is 0 Å². The number of carboxylic acids is 1. The van der Waals surface area contributed by atoms with Gasteiger partial charge < -0.3 is 10.8 Å². The smallest absolute Gasteiger partial charge is 0.332 e. The van der Waals surface area contributed by atoms with Crippen LogP contribution < -0.4 is 5.73 Å². The Bertz CT molecular complexity index is 439. The predicted molar refractivity (Wildman–Crippen MR) is 73.3 cm³/mol. The molecule has 1 unspecified atom stereocenters. The van der Waals surface area contributed by atoms with Gasteiger partial charge in [-0.3, -0.25) is 0 Å². The van der Waals surface area contributed by atoms with Crippen LogP contribution in [0.25, 0.3) is 0 Å². The molecule has 0 heterocycles. The Morgan fingerprint density at radius 3 is 2.50 bits per heavy atom. The number of aliphatic carboxylic acids is 1. The van der Waals surface area contributed by atoms with Gasteiger partial charge in [0.2, 0.25) is 0 Å². The predicted octanol–water partition coefficient (Wildman–Crippen LogP) is 1.26. The van der Waals surface area contributed by atoms with E-state index in [-0.39, 0.29) is 13.0 Å². The van der Waals surface area contributed by atoms with E-state index in [1.54, 1.807) is 30.3 Å². The second-order valence-corrected chi connectivity index (χ2v) is 4.46. The Balaban J connectivity index is 2.80. The number of benzene rings is 1. The van der Waals surface area contributed by atoms with Crippen molar-refractivity contribution in [1.29, 1.82) is 0 Å². The number of carbonyl (C=O) groups is 1. The molecule has 0 aromatic heterocycles. The Kier molecular flexibility index (Phi) is 6.45. The monoisotopic (exact) mass is 281 g/mol. The summed E-state index contributed by atoms with van der Waals surface area (Å²) in [6.45, 7) is 0.414. The van der Waals surface area contributed by atoms with Gasteiger partial charge in [-0.05, 0) is 31.4 Å². The maximum absolute atomic E-state index is 11.3. The van der Waals surface area contributed by atoms with E-state index in [1.807, 2.05) is 0 Å². The zero-order valence-electron chi connectivity index (χ0n) is 11.1. The van der Waals surface area contributed by atoms with Gasteiger partial charge in [0.25, 0.3) is 0 Å². The van der Waals surface area contributed by atoms with Crippen LogP contribution in [-0.4, -0.2) is 33.7 Å². The van der Waals surface area contributed by atoms with Crippen LogP contribution in [-0.2, 0) is 11.3 Å². The Morgan fingerprint density at radius 2 is 2.00 bits per heavy atom. The van der Waals surface area contributed by atoms with E-state index in [1.165, 1.54) is 0 Å². The molecular weight excluding hydrogens is 262 g/mol. The second kappa shape index (κ2) is 8.11. The molecule has 0 saturated heterocycles. The summed E-state index contributed by atoms with van der Waals surface area (Å²) in [5, 5.41) is 20.4. The fourth-order valence-electron chi connectivity index (χ4n) is 1.93. The highest BCUT2D eigenvalue weighted by molar-refractivity contribution is 5.73. The summed E-state index contributed by atoms with van der Waals surface area (Å²) in [6, 6.07) is 7.65. The summed E-state index contributed by atoms with van der Waals surface area (Å²) >= 11 is 0. The van der Waals surface area contributed by atoms with Crippen LogP contribution in [0, 0.1) is 10.1 Å². The third-order valence-electron chi connectivity index (χ3n) is 2.97. The van der Waals surface area contributed by atoms with E-state index in [0.717, 1.165) is 5.01 Å². The molecule has 0 fully saturated rings. The van der Waals surface area contributed by atoms with Crippen molar-refractivity contribution in [2.75, 3.05) is 6.54 Å². The third kappa shape index (κ3) is 4.85. The number of nitrogens with zero attached hydrogens (tertiary/aromatic N) is 2. The minimum Gasteiger partial charge on any atom is -0.480 e. The van der Waals surface area contributed by atoms with Gasteiger partial charge in [0.15, 0.2) is 11.1 Å². The molecule has 0 aliphatic carbocycles. The normalized spacial score (nSPS) is 11.8. The number of nitro groups is 1. The molecule has 0 aliphatic heterocycles. The Hall–Kier alpha value is -2.15. The summed E-state index contributed by atoms with van der Waals surface area (Å²) in [6.07, 6.45) is 1.41. The van der Waals surface area contributed by atoms with Crippen LogP contribution in [0.2, 0.25) is 0 Å². The number of rotatable bonds is 9. The Morgan fingerprint density at radius 1 is 1.35 bits per heavy atom. The van der Waals surface area contributed by atoms with Crippen molar-refractivity contribution >= 4 is 5.97 Å². The average Bonchev–Trinajstić information content (AvgIpc) is 2.42. The van der Waals surface area contributed by atoms with Crippen molar-refractivity contribution in [2.45, 2.75) is 31.8 Å². The number of nitrogens with two attached hydrogens (primary N) is 1. The maximum atomic E-state index is 11.3. The molecule has 1 aromatic carbocycles. The lowest BCUT2D eigenvalue weighted by Crippen LogP contribution is -2.44. The fourth-order valence-corrected chi connectivity index (χ4v) is 1.93.